The summed E-state index contributed by atoms with van der Waals surface area (Å²) in [5.41, 5.74) is 0. The van der Waals surface area contributed by atoms with Crippen molar-refractivity contribution in [1.82, 2.24) is 0 Å². The summed E-state index contributed by atoms with van der Waals surface area (Å²) in [4.78, 5) is 73.4. The van der Waals surface area contributed by atoms with Crippen LogP contribution in [0.3, 0.4) is 0 Å². The van der Waals surface area contributed by atoms with Crippen LogP contribution < -0.4 is 0 Å². The maximum atomic E-state index is 13.2. The number of unbranched alkanes of at least 4 members (excludes halogenated alkanes) is 54. The number of carbonyl (C=O) groups is 4. The fourth-order valence-electron chi connectivity index (χ4n) is 14.3. The fraction of sp³-hybridized carbons (Fsp3) is 0.957. The molecule has 0 heterocycles. The molecule has 0 aliphatic carbocycles. The smallest absolute Gasteiger partial charge is 0.462 e. The topological polar surface area (TPSA) is 237 Å². The van der Waals surface area contributed by atoms with Gasteiger partial charge in [-0.25, -0.2) is 9.13 Å². The SMILES string of the molecule is CCC(C)CCCCCCCCCCCCCCCCCCCCC(=O)O[C@H](COC(=O)CCCCCCCCCC(C)C)COP(=O)(O)OCC(O)COP(=O)(O)OC[C@@H](COC(=O)CCCCCCCCCCCCCCCCCC(C)C)OC(=O)CCCCCCCCCCCCCCCCCCCCC(C)C. The molecule has 17 nitrogen and oxygen atoms in total. The van der Waals surface area contributed by atoms with Crippen LogP contribution in [0.25, 0.3) is 0 Å². The normalized spacial score (nSPS) is 14.1. The minimum absolute atomic E-state index is 0.108. The molecule has 0 amide bonds. The van der Waals surface area contributed by atoms with Crippen LogP contribution in [-0.2, 0) is 65.4 Å². The van der Waals surface area contributed by atoms with E-state index in [-0.39, 0.29) is 25.7 Å². The third-order valence-electron chi connectivity index (χ3n) is 21.9. The molecule has 0 radical (unpaired) electrons. The number of esters is 4. The number of rotatable bonds is 89. The second-order valence-corrected chi connectivity index (χ2v) is 37.6. The molecule has 0 fully saturated rings. The Kier molecular flexibility index (Phi) is 79.1. The molecule has 0 saturated heterocycles. The molecule has 3 N–H and O–H groups in total. The van der Waals surface area contributed by atoms with Crippen LogP contribution in [0, 0.1) is 23.7 Å². The lowest BCUT2D eigenvalue weighted by atomic mass is 9.99. The molecule has 0 aromatic heterocycles. The zero-order valence-corrected chi connectivity index (χ0v) is 75.4. The van der Waals surface area contributed by atoms with Crippen LogP contribution >= 0.6 is 15.6 Å². The van der Waals surface area contributed by atoms with Crippen LogP contribution in [0.1, 0.15) is 486 Å². The van der Waals surface area contributed by atoms with Gasteiger partial charge in [-0.05, 0) is 49.4 Å². The second kappa shape index (κ2) is 80.5. The van der Waals surface area contributed by atoms with Crippen molar-refractivity contribution in [1.29, 1.82) is 0 Å². The number of aliphatic hydroxyl groups is 1. The Morgan fingerprint density at radius 1 is 0.252 bits per heavy atom. The van der Waals surface area contributed by atoms with Gasteiger partial charge in [0, 0.05) is 25.7 Å². The molecular formula is C92H180O17P2. The van der Waals surface area contributed by atoms with Gasteiger partial charge < -0.3 is 33.8 Å². The van der Waals surface area contributed by atoms with Gasteiger partial charge in [-0.2, -0.15) is 0 Å². The Morgan fingerprint density at radius 2 is 0.432 bits per heavy atom. The summed E-state index contributed by atoms with van der Waals surface area (Å²) in [5, 5.41) is 10.7. The van der Waals surface area contributed by atoms with Gasteiger partial charge >= 0.3 is 39.5 Å². The first-order valence-electron chi connectivity index (χ1n) is 47.2. The van der Waals surface area contributed by atoms with Gasteiger partial charge in [0.2, 0.25) is 0 Å². The highest BCUT2D eigenvalue weighted by molar-refractivity contribution is 7.47. The summed E-state index contributed by atoms with van der Waals surface area (Å²) in [6.45, 7) is 14.4. The van der Waals surface area contributed by atoms with Crippen LogP contribution in [0.4, 0.5) is 0 Å². The highest BCUT2D eigenvalue weighted by Gasteiger charge is 2.31. The molecule has 0 aromatic rings. The zero-order valence-electron chi connectivity index (χ0n) is 73.6. The summed E-state index contributed by atoms with van der Waals surface area (Å²) >= 11 is 0. The van der Waals surface area contributed by atoms with Gasteiger partial charge in [-0.1, -0.05) is 434 Å². The number of phosphoric acid groups is 2. The number of aliphatic hydroxyl groups excluding tert-OH is 1. The summed E-state index contributed by atoms with van der Waals surface area (Å²) in [5.74, 6) is 1.10. The largest absolute Gasteiger partial charge is 0.472 e. The summed E-state index contributed by atoms with van der Waals surface area (Å²) in [6, 6.07) is 0. The van der Waals surface area contributed by atoms with E-state index in [1.807, 2.05) is 0 Å². The molecule has 6 atom stereocenters. The summed E-state index contributed by atoms with van der Waals surface area (Å²) < 4.78 is 69.1. The molecule has 19 heteroatoms. The fourth-order valence-corrected chi connectivity index (χ4v) is 15.9. The monoisotopic (exact) mass is 1620 g/mol. The predicted octanol–water partition coefficient (Wildman–Crippen LogP) is 28.3. The molecule has 0 saturated carbocycles. The van der Waals surface area contributed by atoms with Crippen molar-refractivity contribution < 1.29 is 80.2 Å². The van der Waals surface area contributed by atoms with E-state index in [4.69, 9.17) is 37.0 Å². The van der Waals surface area contributed by atoms with Crippen LogP contribution in [-0.4, -0.2) is 96.7 Å². The standard InChI is InChI=1S/C92H180O17P2/c1-9-85(8)71-63-55-47-39-33-27-21-15-11-13-17-23-30-36-42-50-59-67-75-92(97)109-88(79-103-90(95)73-65-57-51-43-46-54-62-70-84(6)7)81-107-111(100,101)105-77-86(93)76-104-110(98,99)106-80-87(78-102-89(94)72-64-56-48-40-34-28-24-18-20-26-32-38-45-53-61-69-83(4)5)108-91(96)74-66-58-49-41-35-29-22-16-12-10-14-19-25-31-37-44-52-60-68-82(2)3/h82-88,93H,9-81H2,1-8H3,(H,98,99)(H,100,101)/t85?,86?,87-,88-/m1/s1. The lowest BCUT2D eigenvalue weighted by Crippen LogP contribution is -2.30. The molecule has 660 valence electrons. The number of carbonyl (C=O) groups excluding carboxylic acids is 4. The lowest BCUT2D eigenvalue weighted by molar-refractivity contribution is -0.161. The number of phosphoric ester groups is 2. The van der Waals surface area contributed by atoms with E-state index in [2.05, 4.69) is 55.4 Å². The Hall–Kier alpha value is -1.94. The molecule has 0 rings (SSSR count). The van der Waals surface area contributed by atoms with Crippen LogP contribution in [0.15, 0.2) is 0 Å². The quantitative estimate of drug-likeness (QED) is 0.0222. The third kappa shape index (κ3) is 84.3. The van der Waals surface area contributed by atoms with Crippen LogP contribution in [0.5, 0.6) is 0 Å². The van der Waals surface area contributed by atoms with E-state index in [1.54, 1.807) is 0 Å². The Morgan fingerprint density at radius 3 is 0.640 bits per heavy atom. The number of ether oxygens (including phenoxy) is 4. The molecule has 111 heavy (non-hydrogen) atoms. The van der Waals surface area contributed by atoms with E-state index in [0.29, 0.717) is 31.6 Å². The molecule has 0 aromatic carbocycles. The minimum atomic E-state index is -4.97. The van der Waals surface area contributed by atoms with Gasteiger partial charge in [0.25, 0.3) is 0 Å². The maximum absolute atomic E-state index is 13.2. The number of hydrogen-bond donors (Lipinski definition) is 3. The predicted molar refractivity (Wildman–Crippen MR) is 460 cm³/mol. The maximum Gasteiger partial charge on any atom is 0.472 e. The lowest BCUT2D eigenvalue weighted by Gasteiger charge is -2.21. The van der Waals surface area contributed by atoms with Gasteiger partial charge in [0.05, 0.1) is 26.4 Å². The highest BCUT2D eigenvalue weighted by Crippen LogP contribution is 2.45. The highest BCUT2D eigenvalue weighted by atomic mass is 31.2. The minimum Gasteiger partial charge on any atom is -0.462 e. The molecule has 0 spiro atoms. The second-order valence-electron chi connectivity index (χ2n) is 34.7. The van der Waals surface area contributed by atoms with Crippen molar-refractivity contribution in [2.45, 2.75) is 504 Å². The number of hydrogen-bond acceptors (Lipinski definition) is 15. The van der Waals surface area contributed by atoms with E-state index in [1.165, 1.54) is 283 Å². The average Bonchev–Trinajstić information content (AvgIpc) is 0.899. The Balaban J connectivity index is 5.21. The van der Waals surface area contributed by atoms with Crippen LogP contribution in [0.2, 0.25) is 0 Å². The van der Waals surface area contributed by atoms with Gasteiger partial charge in [-0.15, -0.1) is 0 Å². The van der Waals surface area contributed by atoms with Crippen molar-refractivity contribution >= 4 is 39.5 Å². The first-order valence-corrected chi connectivity index (χ1v) is 50.2. The van der Waals surface area contributed by atoms with E-state index < -0.39 is 97.5 Å². The Bertz CT molecular complexity index is 2150. The van der Waals surface area contributed by atoms with Crippen molar-refractivity contribution in [3.63, 3.8) is 0 Å². The third-order valence-corrected chi connectivity index (χ3v) is 23.8. The molecule has 0 aliphatic heterocycles. The summed E-state index contributed by atoms with van der Waals surface area (Å²) in [6.07, 6.45) is 72.4. The van der Waals surface area contributed by atoms with Crippen molar-refractivity contribution in [2.75, 3.05) is 39.6 Å². The zero-order chi connectivity index (χ0) is 81.6. The summed E-state index contributed by atoms with van der Waals surface area (Å²) in [7, 11) is -9.94. The van der Waals surface area contributed by atoms with E-state index in [0.717, 1.165) is 114 Å². The van der Waals surface area contributed by atoms with E-state index >= 15 is 0 Å². The molecule has 0 bridgehead atoms. The molecular weight excluding hydrogens is 1440 g/mol. The van der Waals surface area contributed by atoms with Gasteiger partial charge in [0.15, 0.2) is 12.2 Å². The van der Waals surface area contributed by atoms with Gasteiger partial charge in [-0.3, -0.25) is 37.3 Å². The van der Waals surface area contributed by atoms with Gasteiger partial charge in [0.1, 0.15) is 19.3 Å². The van der Waals surface area contributed by atoms with Crippen molar-refractivity contribution in [3.05, 3.63) is 0 Å². The van der Waals surface area contributed by atoms with E-state index in [9.17, 15) is 43.2 Å². The Labute approximate surface area is 683 Å². The van der Waals surface area contributed by atoms with Crippen molar-refractivity contribution in [3.8, 4) is 0 Å². The van der Waals surface area contributed by atoms with Crippen molar-refractivity contribution in [2.24, 2.45) is 23.7 Å². The first kappa shape index (κ1) is 109. The molecule has 0 aliphatic rings. The average molecular weight is 1620 g/mol. The molecule has 4 unspecified atom stereocenters. The first-order chi connectivity index (χ1) is 53.6.